The van der Waals surface area contributed by atoms with Crippen molar-refractivity contribution >= 4 is 5.91 Å². The predicted molar refractivity (Wildman–Crippen MR) is 106 cm³/mol. The van der Waals surface area contributed by atoms with E-state index in [0.29, 0.717) is 4.90 Å². The molecule has 1 saturated carbocycles. The van der Waals surface area contributed by atoms with Crippen molar-refractivity contribution in [2.45, 2.75) is 83.1 Å². The molecule has 7 heteroatoms. The van der Waals surface area contributed by atoms with Crippen molar-refractivity contribution in [3.05, 3.63) is 35.4 Å². The van der Waals surface area contributed by atoms with Crippen LogP contribution in [0.5, 0.6) is 0 Å². The molecule has 4 nitrogen and oxygen atoms in total. The number of halogens is 3. The van der Waals surface area contributed by atoms with Crippen molar-refractivity contribution in [3.8, 4) is 6.07 Å². The molecule has 1 aromatic carbocycles. The fourth-order valence-corrected chi connectivity index (χ4v) is 3.55. The van der Waals surface area contributed by atoms with Crippen LogP contribution in [0.25, 0.3) is 0 Å². The summed E-state index contributed by atoms with van der Waals surface area (Å²) in [5, 5.41) is 9.60. The first-order valence-electron chi connectivity index (χ1n) is 9.90. The van der Waals surface area contributed by atoms with Gasteiger partial charge in [0.1, 0.15) is 5.54 Å². The number of benzene rings is 1. The second-order valence-electron chi connectivity index (χ2n) is 9.40. The number of hydrogen-bond donors (Lipinski definition) is 1. The van der Waals surface area contributed by atoms with Crippen LogP contribution in [0, 0.1) is 17.2 Å². The topological polar surface area (TPSA) is 70.1 Å². The van der Waals surface area contributed by atoms with Crippen LogP contribution >= 0.6 is 0 Å². The maximum atomic E-state index is 14.2. The third-order valence-electron chi connectivity index (χ3n) is 5.33. The molecule has 2 N–H and O–H groups in total. The Bertz CT molecular complexity index is 768. The first kappa shape index (κ1) is 23.2. The second kappa shape index (κ2) is 7.98. The Kier molecular flexibility index (Phi) is 6.39. The van der Waals surface area contributed by atoms with E-state index in [2.05, 4.69) is 0 Å². The van der Waals surface area contributed by atoms with Gasteiger partial charge in [0.25, 0.3) is 0 Å². The summed E-state index contributed by atoms with van der Waals surface area (Å²) in [5.74, 6) is -0.775. The minimum Gasteiger partial charge on any atom is -0.320 e. The van der Waals surface area contributed by atoms with Crippen LogP contribution < -0.4 is 5.73 Å². The Hall–Kier alpha value is -2.07. The minimum absolute atomic E-state index is 0.0449. The van der Waals surface area contributed by atoms with Crippen LogP contribution in [0.15, 0.2) is 24.3 Å². The third kappa shape index (κ3) is 5.11. The molecule has 0 aromatic heterocycles. The Morgan fingerprint density at radius 3 is 2.07 bits per heavy atom. The monoisotopic (exact) mass is 409 g/mol. The van der Waals surface area contributed by atoms with Gasteiger partial charge in [-0.25, -0.2) is 0 Å². The van der Waals surface area contributed by atoms with E-state index in [1.165, 1.54) is 12.1 Å². The van der Waals surface area contributed by atoms with Crippen molar-refractivity contribution in [1.29, 1.82) is 5.26 Å². The molecule has 0 radical (unpaired) electrons. The van der Waals surface area contributed by atoms with Crippen LogP contribution in [0.4, 0.5) is 13.2 Å². The van der Waals surface area contributed by atoms with E-state index in [4.69, 9.17) is 5.73 Å². The van der Waals surface area contributed by atoms with Crippen LogP contribution in [0.1, 0.15) is 71.0 Å². The number of carbonyl (C=O) groups excluding carboxylic acids is 1. The normalized spacial score (nSPS) is 18.1. The standard InChI is InChI=1S/C22H30F3N3O/c1-14(2)12-17(27)19(29)28(21(13-26)10-11-21)18(22(23,24)25)15-6-8-16(9-7-15)20(3,4)5/h6-9,14,17-18H,10-12,27H2,1-5H3/t17-,18-/m0/s1. The summed E-state index contributed by atoms with van der Waals surface area (Å²) in [6.07, 6.45) is -4.04. The van der Waals surface area contributed by atoms with E-state index in [0.717, 1.165) is 5.56 Å². The highest BCUT2D eigenvalue weighted by atomic mass is 19.4. The lowest BCUT2D eigenvalue weighted by atomic mass is 9.86. The number of nitrogens with zero attached hydrogens (tertiary/aromatic N) is 2. The van der Waals surface area contributed by atoms with Gasteiger partial charge in [0.05, 0.1) is 12.1 Å². The summed E-state index contributed by atoms with van der Waals surface area (Å²) in [6.45, 7) is 9.61. The molecule has 0 saturated heterocycles. The number of alkyl halides is 3. The zero-order chi connectivity index (χ0) is 22.2. The first-order valence-corrected chi connectivity index (χ1v) is 9.90. The van der Waals surface area contributed by atoms with Gasteiger partial charge < -0.3 is 10.6 Å². The van der Waals surface area contributed by atoms with Crippen molar-refractivity contribution in [3.63, 3.8) is 0 Å². The predicted octanol–water partition coefficient (Wildman–Crippen LogP) is 4.85. The number of nitriles is 1. The third-order valence-corrected chi connectivity index (χ3v) is 5.33. The van der Waals surface area contributed by atoms with Gasteiger partial charge in [-0.3, -0.25) is 4.79 Å². The Labute approximate surface area is 170 Å². The highest BCUT2D eigenvalue weighted by Crippen LogP contribution is 2.50. The molecular weight excluding hydrogens is 379 g/mol. The maximum absolute atomic E-state index is 14.2. The van der Waals surface area contributed by atoms with Crippen LogP contribution in [0.3, 0.4) is 0 Å². The largest absolute Gasteiger partial charge is 0.413 e. The van der Waals surface area contributed by atoms with Gasteiger partial charge in [0, 0.05) is 0 Å². The summed E-state index contributed by atoms with van der Waals surface area (Å²) in [4.78, 5) is 13.8. The Morgan fingerprint density at radius 2 is 1.72 bits per heavy atom. The molecule has 1 aromatic rings. The Balaban J connectivity index is 2.54. The number of nitrogens with two attached hydrogens (primary N) is 1. The lowest BCUT2D eigenvalue weighted by molar-refractivity contribution is -0.197. The van der Waals surface area contributed by atoms with E-state index in [-0.39, 0.29) is 36.2 Å². The second-order valence-corrected chi connectivity index (χ2v) is 9.40. The molecule has 0 aliphatic heterocycles. The fraction of sp³-hybridized carbons (Fsp3) is 0.636. The fourth-order valence-electron chi connectivity index (χ4n) is 3.55. The zero-order valence-electron chi connectivity index (χ0n) is 17.7. The van der Waals surface area contributed by atoms with Crippen molar-refractivity contribution < 1.29 is 18.0 Å². The smallest absolute Gasteiger partial charge is 0.320 e. The van der Waals surface area contributed by atoms with Crippen LogP contribution in [0.2, 0.25) is 0 Å². The molecule has 0 spiro atoms. The van der Waals surface area contributed by atoms with E-state index >= 15 is 0 Å². The van der Waals surface area contributed by atoms with E-state index < -0.39 is 29.7 Å². The average molecular weight is 409 g/mol. The van der Waals surface area contributed by atoms with Gasteiger partial charge in [-0.2, -0.15) is 18.4 Å². The molecule has 0 heterocycles. The van der Waals surface area contributed by atoms with Crippen LogP contribution in [-0.2, 0) is 10.2 Å². The maximum Gasteiger partial charge on any atom is 0.413 e. The van der Waals surface area contributed by atoms with E-state index in [1.54, 1.807) is 12.1 Å². The van der Waals surface area contributed by atoms with Crippen molar-refractivity contribution in [2.24, 2.45) is 11.7 Å². The molecule has 2 atom stereocenters. The van der Waals surface area contributed by atoms with Gasteiger partial charge >= 0.3 is 6.18 Å². The van der Waals surface area contributed by atoms with Gasteiger partial charge in [-0.1, -0.05) is 58.9 Å². The van der Waals surface area contributed by atoms with Crippen molar-refractivity contribution in [1.82, 2.24) is 4.90 Å². The van der Waals surface area contributed by atoms with Gasteiger partial charge in [-0.15, -0.1) is 0 Å². The van der Waals surface area contributed by atoms with Gasteiger partial charge in [0.2, 0.25) is 5.91 Å². The van der Waals surface area contributed by atoms with Gasteiger partial charge in [-0.05, 0) is 41.7 Å². The summed E-state index contributed by atoms with van der Waals surface area (Å²) >= 11 is 0. The lowest BCUT2D eigenvalue weighted by Crippen LogP contribution is -2.54. The molecular formula is C22H30F3N3O. The molecule has 2 rings (SSSR count). The molecule has 1 aliphatic carbocycles. The Morgan fingerprint density at radius 1 is 1.21 bits per heavy atom. The molecule has 160 valence electrons. The molecule has 29 heavy (non-hydrogen) atoms. The van der Waals surface area contributed by atoms with Crippen molar-refractivity contribution in [2.75, 3.05) is 0 Å². The first-order chi connectivity index (χ1) is 13.2. The molecule has 1 aliphatic rings. The number of amides is 1. The van der Waals surface area contributed by atoms with E-state index in [1.807, 2.05) is 40.7 Å². The summed E-state index contributed by atoms with van der Waals surface area (Å²) in [7, 11) is 0. The summed E-state index contributed by atoms with van der Waals surface area (Å²) in [6, 6.07) is 4.77. The lowest BCUT2D eigenvalue weighted by Gasteiger charge is -2.38. The highest BCUT2D eigenvalue weighted by molar-refractivity contribution is 5.84. The van der Waals surface area contributed by atoms with E-state index in [9.17, 15) is 23.2 Å². The quantitative estimate of drug-likeness (QED) is 0.730. The summed E-state index contributed by atoms with van der Waals surface area (Å²) < 4.78 is 42.7. The molecule has 1 amide bonds. The SMILES string of the molecule is CC(C)C[C@H](N)C(=O)N([C@@H](c1ccc(C(C)(C)C)cc1)C(F)(F)F)C1(C#N)CC1. The molecule has 0 unspecified atom stereocenters. The zero-order valence-corrected chi connectivity index (χ0v) is 17.7. The number of carbonyl (C=O) groups is 1. The highest BCUT2D eigenvalue weighted by Gasteiger charge is 2.60. The summed E-state index contributed by atoms with van der Waals surface area (Å²) in [5.41, 5.74) is 5.13. The average Bonchev–Trinajstić information content (AvgIpc) is 3.37. The minimum atomic E-state index is -4.73. The number of rotatable bonds is 6. The molecule has 0 bridgehead atoms. The molecule has 1 fully saturated rings. The van der Waals surface area contributed by atoms with Crippen LogP contribution in [-0.4, -0.2) is 28.6 Å². The van der Waals surface area contributed by atoms with Gasteiger partial charge in [0.15, 0.2) is 6.04 Å². The number of hydrogen-bond acceptors (Lipinski definition) is 3.